The number of hydrogen-bond donors (Lipinski definition) is 1. The van der Waals surface area contributed by atoms with E-state index >= 15 is 0 Å². The second-order valence-electron chi connectivity index (χ2n) is 3.94. The molecule has 0 bridgehead atoms. The maximum absolute atomic E-state index is 8.97. The highest BCUT2D eigenvalue weighted by molar-refractivity contribution is 4.70. The zero-order chi connectivity index (χ0) is 10.8. The highest BCUT2D eigenvalue weighted by Gasteiger charge is 2.14. The van der Waals surface area contributed by atoms with E-state index in [9.17, 15) is 0 Å². The fraction of sp³-hybridized carbons (Fsp3) is 1.00. The predicted octanol–water partition coefficient (Wildman–Crippen LogP) is 2.66. The lowest BCUT2D eigenvalue weighted by atomic mass is 10.0. The van der Waals surface area contributed by atoms with Gasteiger partial charge >= 0.3 is 0 Å². The van der Waals surface area contributed by atoms with E-state index in [0.717, 1.165) is 13.1 Å². The van der Waals surface area contributed by atoms with Gasteiger partial charge in [-0.1, -0.05) is 40.0 Å². The second-order valence-corrected chi connectivity index (χ2v) is 3.94. The Morgan fingerprint density at radius 3 is 2.21 bits per heavy atom. The Kier molecular flexibility index (Phi) is 9.42. The zero-order valence-corrected chi connectivity index (χ0v) is 10.1. The lowest BCUT2D eigenvalue weighted by Gasteiger charge is -2.30. The molecule has 0 fully saturated rings. The lowest BCUT2D eigenvalue weighted by molar-refractivity contribution is 0.142. The predicted molar refractivity (Wildman–Crippen MR) is 62.6 cm³/mol. The van der Waals surface area contributed by atoms with Crippen LogP contribution >= 0.6 is 0 Å². The summed E-state index contributed by atoms with van der Waals surface area (Å²) in [5.74, 6) is 0. The Hall–Kier alpha value is -0.0800. The number of unbranched alkanes of at least 4 members (excludes halogenated alkanes) is 1. The zero-order valence-electron chi connectivity index (χ0n) is 10.1. The molecule has 0 aliphatic heterocycles. The monoisotopic (exact) mass is 201 g/mol. The van der Waals surface area contributed by atoms with Gasteiger partial charge in [-0.05, 0) is 19.4 Å². The maximum Gasteiger partial charge on any atom is 0.0558 e. The highest BCUT2D eigenvalue weighted by atomic mass is 16.3. The minimum Gasteiger partial charge on any atom is -0.395 e. The molecule has 2 nitrogen and oxygen atoms in total. The third kappa shape index (κ3) is 5.61. The van der Waals surface area contributed by atoms with Crippen molar-refractivity contribution in [2.45, 2.75) is 58.9 Å². The van der Waals surface area contributed by atoms with E-state index in [0.29, 0.717) is 12.6 Å². The van der Waals surface area contributed by atoms with Crippen LogP contribution in [0.15, 0.2) is 0 Å². The first kappa shape index (κ1) is 13.9. The SMILES string of the molecule is CCCCC(CCC)N(CC)CCO. The molecule has 0 aliphatic carbocycles. The molecule has 1 N–H and O–H groups in total. The van der Waals surface area contributed by atoms with Crippen LogP contribution in [0.2, 0.25) is 0 Å². The van der Waals surface area contributed by atoms with Crippen LogP contribution in [-0.4, -0.2) is 35.7 Å². The van der Waals surface area contributed by atoms with Crippen molar-refractivity contribution in [2.75, 3.05) is 19.7 Å². The van der Waals surface area contributed by atoms with Gasteiger partial charge in [-0.25, -0.2) is 0 Å². The molecular weight excluding hydrogens is 174 g/mol. The van der Waals surface area contributed by atoms with Gasteiger partial charge < -0.3 is 5.11 Å². The van der Waals surface area contributed by atoms with Gasteiger partial charge in [-0.15, -0.1) is 0 Å². The summed E-state index contributed by atoms with van der Waals surface area (Å²) in [5, 5.41) is 8.97. The average molecular weight is 201 g/mol. The minimum absolute atomic E-state index is 0.292. The van der Waals surface area contributed by atoms with Crippen LogP contribution in [0.5, 0.6) is 0 Å². The molecule has 0 amide bonds. The molecule has 86 valence electrons. The van der Waals surface area contributed by atoms with Crippen molar-refractivity contribution in [3.8, 4) is 0 Å². The summed E-state index contributed by atoms with van der Waals surface area (Å²) in [6, 6.07) is 0.692. The third-order valence-electron chi connectivity index (χ3n) is 2.82. The Morgan fingerprint density at radius 1 is 1.07 bits per heavy atom. The van der Waals surface area contributed by atoms with Gasteiger partial charge in [0.2, 0.25) is 0 Å². The fourth-order valence-corrected chi connectivity index (χ4v) is 2.01. The molecule has 0 saturated heterocycles. The first-order valence-corrected chi connectivity index (χ1v) is 6.14. The van der Waals surface area contributed by atoms with Crippen molar-refractivity contribution in [1.82, 2.24) is 4.90 Å². The summed E-state index contributed by atoms with van der Waals surface area (Å²) in [7, 11) is 0. The molecule has 0 saturated carbocycles. The van der Waals surface area contributed by atoms with Crippen molar-refractivity contribution >= 4 is 0 Å². The van der Waals surface area contributed by atoms with Gasteiger partial charge in [0.15, 0.2) is 0 Å². The number of nitrogens with zero attached hydrogens (tertiary/aromatic N) is 1. The van der Waals surface area contributed by atoms with E-state index in [-0.39, 0.29) is 0 Å². The van der Waals surface area contributed by atoms with Crippen LogP contribution in [-0.2, 0) is 0 Å². The molecule has 0 aromatic carbocycles. The van der Waals surface area contributed by atoms with Crippen molar-refractivity contribution in [2.24, 2.45) is 0 Å². The largest absolute Gasteiger partial charge is 0.395 e. The molecule has 0 rings (SSSR count). The van der Waals surface area contributed by atoms with E-state index in [1.54, 1.807) is 0 Å². The average Bonchev–Trinajstić information content (AvgIpc) is 2.21. The fourth-order valence-electron chi connectivity index (χ4n) is 2.01. The molecule has 0 aromatic heterocycles. The van der Waals surface area contributed by atoms with E-state index in [2.05, 4.69) is 25.7 Å². The standard InChI is InChI=1S/C12H27NO/c1-4-7-9-12(8-5-2)13(6-3)10-11-14/h12,14H,4-11H2,1-3H3. The lowest BCUT2D eigenvalue weighted by Crippen LogP contribution is -2.37. The Bertz CT molecular complexity index is 117. The van der Waals surface area contributed by atoms with E-state index in [4.69, 9.17) is 5.11 Å². The Morgan fingerprint density at radius 2 is 1.79 bits per heavy atom. The molecule has 0 aromatic rings. The Labute approximate surface area is 89.3 Å². The van der Waals surface area contributed by atoms with Crippen LogP contribution in [0.25, 0.3) is 0 Å². The molecule has 0 heterocycles. The summed E-state index contributed by atoms with van der Waals surface area (Å²) < 4.78 is 0. The van der Waals surface area contributed by atoms with Crippen LogP contribution in [0.1, 0.15) is 52.9 Å². The number of aliphatic hydroxyl groups excluding tert-OH is 1. The first-order valence-electron chi connectivity index (χ1n) is 6.14. The van der Waals surface area contributed by atoms with Crippen molar-refractivity contribution in [3.05, 3.63) is 0 Å². The van der Waals surface area contributed by atoms with E-state index < -0.39 is 0 Å². The molecule has 0 aliphatic rings. The number of aliphatic hydroxyl groups is 1. The summed E-state index contributed by atoms with van der Waals surface area (Å²) in [6.07, 6.45) is 6.39. The summed E-state index contributed by atoms with van der Waals surface area (Å²) in [4.78, 5) is 2.42. The van der Waals surface area contributed by atoms with Crippen LogP contribution in [0.3, 0.4) is 0 Å². The summed E-state index contributed by atoms with van der Waals surface area (Å²) >= 11 is 0. The van der Waals surface area contributed by atoms with E-state index in [1.165, 1.54) is 32.1 Å². The normalized spacial score (nSPS) is 13.5. The van der Waals surface area contributed by atoms with Crippen molar-refractivity contribution in [3.63, 3.8) is 0 Å². The number of rotatable bonds is 9. The molecule has 1 atom stereocenters. The molecule has 2 heteroatoms. The van der Waals surface area contributed by atoms with Crippen LogP contribution in [0, 0.1) is 0 Å². The van der Waals surface area contributed by atoms with Gasteiger partial charge in [0.05, 0.1) is 6.61 Å². The number of likely N-dealkylation sites (N-methyl/N-ethyl adjacent to an activating group) is 1. The molecule has 0 radical (unpaired) electrons. The van der Waals surface area contributed by atoms with Gasteiger partial charge in [-0.2, -0.15) is 0 Å². The maximum atomic E-state index is 8.97. The summed E-state index contributed by atoms with van der Waals surface area (Å²) in [5.41, 5.74) is 0. The van der Waals surface area contributed by atoms with Gasteiger partial charge in [0, 0.05) is 12.6 Å². The molecule has 14 heavy (non-hydrogen) atoms. The topological polar surface area (TPSA) is 23.5 Å². The van der Waals surface area contributed by atoms with Crippen molar-refractivity contribution in [1.29, 1.82) is 0 Å². The van der Waals surface area contributed by atoms with Crippen LogP contribution < -0.4 is 0 Å². The van der Waals surface area contributed by atoms with Gasteiger partial charge in [0.25, 0.3) is 0 Å². The minimum atomic E-state index is 0.292. The van der Waals surface area contributed by atoms with Crippen molar-refractivity contribution < 1.29 is 5.11 Å². The van der Waals surface area contributed by atoms with Gasteiger partial charge in [0.1, 0.15) is 0 Å². The second kappa shape index (κ2) is 9.47. The van der Waals surface area contributed by atoms with Crippen LogP contribution in [0.4, 0.5) is 0 Å². The quantitative estimate of drug-likeness (QED) is 0.620. The number of hydrogen-bond acceptors (Lipinski definition) is 2. The Balaban J connectivity index is 3.97. The molecule has 1 unspecified atom stereocenters. The van der Waals surface area contributed by atoms with E-state index in [1.807, 2.05) is 0 Å². The highest BCUT2D eigenvalue weighted by Crippen LogP contribution is 2.13. The smallest absolute Gasteiger partial charge is 0.0558 e. The summed E-state index contributed by atoms with van der Waals surface area (Å²) in [6.45, 7) is 8.86. The molecular formula is C12H27NO. The molecule has 0 spiro atoms. The third-order valence-corrected chi connectivity index (χ3v) is 2.82. The first-order chi connectivity index (χ1) is 6.79. The van der Waals surface area contributed by atoms with Gasteiger partial charge in [-0.3, -0.25) is 4.90 Å².